The molecule has 0 fully saturated rings. The molecule has 0 radical (unpaired) electrons. The van der Waals surface area contributed by atoms with E-state index < -0.39 is 12.3 Å². The van der Waals surface area contributed by atoms with Crippen LogP contribution in [-0.2, 0) is 11.3 Å². The standard InChI is InChI=1S/C19H15F3N4O4/c1-12(27)16-7-6-15(29-16)11-26-23-10-17(25-26)24-18(28)8-5-13-3-2-4-14(9-13)30-19(20,21)22/h2-10H,11H2,1H3,(H,24,25,28)/b8-5-. The fraction of sp³-hybridized carbons (Fsp3) is 0.158. The molecule has 0 bridgehead atoms. The molecule has 3 rings (SSSR count). The number of carbonyl (C=O) groups excluding carboxylic acids is 2. The van der Waals surface area contributed by atoms with Crippen molar-refractivity contribution in [3.8, 4) is 5.75 Å². The number of carbonyl (C=O) groups is 2. The topological polar surface area (TPSA) is 99.2 Å². The molecule has 0 saturated heterocycles. The third-order valence-electron chi connectivity index (χ3n) is 3.61. The number of halogens is 3. The molecule has 30 heavy (non-hydrogen) atoms. The first-order valence-corrected chi connectivity index (χ1v) is 8.52. The Morgan fingerprint density at radius 3 is 2.77 bits per heavy atom. The van der Waals surface area contributed by atoms with Crippen LogP contribution in [0.25, 0.3) is 6.08 Å². The van der Waals surface area contributed by atoms with E-state index in [-0.39, 0.29) is 29.7 Å². The molecule has 0 aliphatic rings. The summed E-state index contributed by atoms with van der Waals surface area (Å²) in [5.41, 5.74) is 0.342. The Kier molecular flexibility index (Phi) is 6.00. The minimum atomic E-state index is -4.80. The van der Waals surface area contributed by atoms with Crippen LogP contribution in [-0.4, -0.2) is 33.0 Å². The summed E-state index contributed by atoms with van der Waals surface area (Å²) in [6.07, 6.45) is -1.01. The van der Waals surface area contributed by atoms with Crippen LogP contribution in [0.4, 0.5) is 19.0 Å². The highest BCUT2D eigenvalue weighted by atomic mass is 19.4. The van der Waals surface area contributed by atoms with Crippen LogP contribution >= 0.6 is 0 Å². The molecule has 1 N–H and O–H groups in total. The number of amides is 1. The molecule has 2 heterocycles. The van der Waals surface area contributed by atoms with E-state index in [1.54, 1.807) is 12.1 Å². The van der Waals surface area contributed by atoms with Gasteiger partial charge in [0.2, 0.25) is 5.91 Å². The molecule has 3 aromatic rings. The Labute approximate surface area is 167 Å². The van der Waals surface area contributed by atoms with Gasteiger partial charge in [-0.25, -0.2) is 0 Å². The zero-order valence-corrected chi connectivity index (χ0v) is 15.5. The number of benzene rings is 1. The van der Waals surface area contributed by atoms with Crippen molar-refractivity contribution in [1.82, 2.24) is 15.0 Å². The van der Waals surface area contributed by atoms with E-state index in [2.05, 4.69) is 20.3 Å². The highest BCUT2D eigenvalue weighted by Gasteiger charge is 2.31. The Hall–Kier alpha value is -3.89. The summed E-state index contributed by atoms with van der Waals surface area (Å²) in [4.78, 5) is 24.5. The second kappa shape index (κ2) is 8.64. The monoisotopic (exact) mass is 420 g/mol. The first-order chi connectivity index (χ1) is 14.2. The van der Waals surface area contributed by atoms with Crippen LogP contribution in [0.1, 0.15) is 28.8 Å². The largest absolute Gasteiger partial charge is 0.573 e. The minimum Gasteiger partial charge on any atom is -0.456 e. The quantitative estimate of drug-likeness (QED) is 0.463. The SMILES string of the molecule is CC(=O)c1ccc(Cn2ncc(NC(=O)/C=C\c3cccc(OC(F)(F)F)c3)n2)o1. The van der Waals surface area contributed by atoms with Gasteiger partial charge >= 0.3 is 6.36 Å². The van der Waals surface area contributed by atoms with Crippen LogP contribution in [0.2, 0.25) is 0 Å². The molecule has 0 aliphatic heterocycles. The predicted octanol–water partition coefficient (Wildman–Crippen LogP) is 3.67. The van der Waals surface area contributed by atoms with Crippen molar-refractivity contribution in [3.05, 3.63) is 65.8 Å². The van der Waals surface area contributed by atoms with Crippen LogP contribution in [0.3, 0.4) is 0 Å². The number of nitrogens with zero attached hydrogens (tertiary/aromatic N) is 3. The fourth-order valence-electron chi connectivity index (χ4n) is 2.38. The number of hydrogen-bond acceptors (Lipinski definition) is 6. The molecular weight excluding hydrogens is 405 g/mol. The maximum atomic E-state index is 12.3. The maximum absolute atomic E-state index is 12.3. The van der Waals surface area contributed by atoms with Gasteiger partial charge in [-0.2, -0.15) is 9.90 Å². The van der Waals surface area contributed by atoms with Crippen molar-refractivity contribution in [2.24, 2.45) is 0 Å². The van der Waals surface area contributed by atoms with Crippen molar-refractivity contribution in [1.29, 1.82) is 0 Å². The van der Waals surface area contributed by atoms with Gasteiger partial charge < -0.3 is 14.5 Å². The van der Waals surface area contributed by atoms with Crippen LogP contribution in [0.15, 0.2) is 53.1 Å². The summed E-state index contributed by atoms with van der Waals surface area (Å²) in [6, 6.07) is 8.35. The van der Waals surface area contributed by atoms with E-state index in [0.29, 0.717) is 11.3 Å². The molecular formula is C19H15F3N4O4. The Bertz CT molecular complexity index is 1090. The lowest BCUT2D eigenvalue weighted by Gasteiger charge is -2.08. The summed E-state index contributed by atoms with van der Waals surface area (Å²) in [5.74, 6) is -0.294. The minimum absolute atomic E-state index is 0.158. The average Bonchev–Trinajstić information content (AvgIpc) is 3.29. The number of ether oxygens (including phenoxy) is 1. The van der Waals surface area contributed by atoms with E-state index in [9.17, 15) is 22.8 Å². The number of anilines is 1. The van der Waals surface area contributed by atoms with Gasteiger partial charge in [-0.15, -0.1) is 18.3 Å². The maximum Gasteiger partial charge on any atom is 0.573 e. The van der Waals surface area contributed by atoms with Crippen LogP contribution in [0.5, 0.6) is 5.75 Å². The first-order valence-electron chi connectivity index (χ1n) is 8.52. The Morgan fingerprint density at radius 1 is 1.27 bits per heavy atom. The number of ketones is 1. The van der Waals surface area contributed by atoms with Gasteiger partial charge in [-0.3, -0.25) is 9.59 Å². The van der Waals surface area contributed by atoms with Gasteiger partial charge in [0.15, 0.2) is 17.4 Å². The predicted molar refractivity (Wildman–Crippen MR) is 98.6 cm³/mol. The van der Waals surface area contributed by atoms with Gasteiger partial charge in [0, 0.05) is 13.0 Å². The molecule has 0 saturated carbocycles. The van der Waals surface area contributed by atoms with E-state index in [1.807, 2.05) is 0 Å². The van der Waals surface area contributed by atoms with E-state index in [4.69, 9.17) is 4.42 Å². The van der Waals surface area contributed by atoms with E-state index >= 15 is 0 Å². The zero-order chi connectivity index (χ0) is 21.7. The van der Waals surface area contributed by atoms with E-state index in [0.717, 1.165) is 18.2 Å². The number of hydrogen-bond donors (Lipinski definition) is 1. The average molecular weight is 420 g/mol. The van der Waals surface area contributed by atoms with Crippen molar-refractivity contribution in [3.63, 3.8) is 0 Å². The van der Waals surface area contributed by atoms with E-state index in [1.165, 1.54) is 36.1 Å². The summed E-state index contributed by atoms with van der Waals surface area (Å²) in [7, 11) is 0. The normalized spacial score (nSPS) is 11.6. The van der Waals surface area contributed by atoms with Crippen LogP contribution in [0, 0.1) is 0 Å². The number of aromatic nitrogens is 3. The lowest BCUT2D eigenvalue weighted by molar-refractivity contribution is -0.274. The van der Waals surface area contributed by atoms with Crippen molar-refractivity contribution in [2.45, 2.75) is 19.8 Å². The van der Waals surface area contributed by atoms with Gasteiger partial charge in [-0.05, 0) is 35.9 Å². The molecule has 0 atom stereocenters. The van der Waals surface area contributed by atoms with Crippen molar-refractivity contribution in [2.75, 3.05) is 5.32 Å². The zero-order valence-electron chi connectivity index (χ0n) is 15.5. The van der Waals surface area contributed by atoms with Gasteiger partial charge in [0.25, 0.3) is 0 Å². The Morgan fingerprint density at radius 2 is 2.07 bits per heavy atom. The summed E-state index contributed by atoms with van der Waals surface area (Å²) in [5, 5.41) is 10.5. The van der Waals surface area contributed by atoms with Gasteiger partial charge in [0.05, 0.1) is 6.20 Å². The number of nitrogens with one attached hydrogen (secondary N) is 1. The highest BCUT2D eigenvalue weighted by Crippen LogP contribution is 2.23. The third-order valence-corrected chi connectivity index (χ3v) is 3.61. The van der Waals surface area contributed by atoms with Crippen LogP contribution < -0.4 is 10.1 Å². The molecule has 8 nitrogen and oxygen atoms in total. The lowest BCUT2D eigenvalue weighted by Crippen LogP contribution is -2.17. The van der Waals surface area contributed by atoms with Gasteiger partial charge in [0.1, 0.15) is 18.1 Å². The number of Topliss-reactive ketones (excluding diaryl/α,β-unsaturated/α-hetero) is 1. The second-order valence-corrected chi connectivity index (χ2v) is 6.03. The first kappa shape index (κ1) is 20.8. The molecule has 1 amide bonds. The summed E-state index contributed by atoms with van der Waals surface area (Å²) in [6.45, 7) is 1.54. The number of furan rings is 1. The second-order valence-electron chi connectivity index (χ2n) is 6.03. The highest BCUT2D eigenvalue weighted by molar-refractivity contribution is 6.01. The molecule has 1 aromatic carbocycles. The molecule has 2 aromatic heterocycles. The van der Waals surface area contributed by atoms with Gasteiger partial charge in [-0.1, -0.05) is 12.1 Å². The van der Waals surface area contributed by atoms with Crippen molar-refractivity contribution >= 4 is 23.6 Å². The molecule has 0 spiro atoms. The smallest absolute Gasteiger partial charge is 0.456 e. The molecule has 0 unspecified atom stereocenters. The third kappa shape index (κ3) is 6.06. The fourth-order valence-corrected chi connectivity index (χ4v) is 2.38. The number of rotatable bonds is 7. The summed E-state index contributed by atoms with van der Waals surface area (Å²) >= 11 is 0. The lowest BCUT2D eigenvalue weighted by atomic mass is 10.2. The molecule has 0 aliphatic carbocycles. The molecule has 11 heteroatoms. The molecule has 156 valence electrons. The van der Waals surface area contributed by atoms with Crippen molar-refractivity contribution < 1.29 is 31.9 Å². The number of alkyl halides is 3. The Balaban J connectivity index is 1.57. The summed E-state index contributed by atoms with van der Waals surface area (Å²) < 4.78 is 46.0.